The molecule has 0 saturated carbocycles. The van der Waals surface area contributed by atoms with E-state index < -0.39 is 23.4 Å². The number of ether oxygens (including phenoxy) is 2. The number of hydrogen-bond acceptors (Lipinski definition) is 5. The lowest BCUT2D eigenvalue weighted by atomic mass is 10.0. The minimum absolute atomic E-state index is 0.118. The first-order chi connectivity index (χ1) is 11.2. The molecule has 142 valence electrons. The number of amides is 3. The molecule has 0 spiro atoms. The normalized spacial score (nSPS) is 20.0. The minimum atomic E-state index is -0.663. The molecule has 1 fully saturated rings. The Bertz CT molecular complexity index is 569. The third kappa shape index (κ3) is 6.40. The summed E-state index contributed by atoms with van der Waals surface area (Å²) in [4.78, 5) is 39.1. The molecule has 0 aromatic rings. The molecule has 0 bridgehead atoms. The molecule has 1 unspecified atom stereocenters. The SMILES string of the molecule is CC1CN(C(=O)OC(C)(C)C)C(=O)/C1=C/CN(C)C(=O)OC(C)(C)C. The highest BCUT2D eigenvalue weighted by Crippen LogP contribution is 2.25. The first-order valence-electron chi connectivity index (χ1n) is 8.40. The fraction of sp³-hybridized carbons (Fsp3) is 0.722. The Labute approximate surface area is 149 Å². The maximum Gasteiger partial charge on any atom is 0.417 e. The van der Waals surface area contributed by atoms with Gasteiger partial charge in [0.05, 0.1) is 0 Å². The highest BCUT2D eigenvalue weighted by atomic mass is 16.6. The quantitative estimate of drug-likeness (QED) is 0.712. The van der Waals surface area contributed by atoms with Gasteiger partial charge in [-0.15, -0.1) is 0 Å². The predicted molar refractivity (Wildman–Crippen MR) is 94.1 cm³/mol. The van der Waals surface area contributed by atoms with Crippen LogP contribution >= 0.6 is 0 Å². The topological polar surface area (TPSA) is 76.2 Å². The summed E-state index contributed by atoms with van der Waals surface area (Å²) in [6, 6.07) is 0. The largest absolute Gasteiger partial charge is 0.444 e. The molecule has 3 amide bonds. The number of carbonyl (C=O) groups is 3. The van der Waals surface area contributed by atoms with Crippen LogP contribution in [0.5, 0.6) is 0 Å². The summed E-state index contributed by atoms with van der Waals surface area (Å²) in [7, 11) is 1.60. The number of rotatable bonds is 2. The summed E-state index contributed by atoms with van der Waals surface area (Å²) in [5, 5.41) is 0. The van der Waals surface area contributed by atoms with E-state index in [-0.39, 0.29) is 24.9 Å². The maximum atomic E-state index is 12.5. The van der Waals surface area contributed by atoms with Gasteiger partial charge in [-0.2, -0.15) is 0 Å². The Morgan fingerprint density at radius 3 is 2.16 bits per heavy atom. The van der Waals surface area contributed by atoms with Crippen LogP contribution in [0, 0.1) is 5.92 Å². The molecule has 0 N–H and O–H groups in total. The Morgan fingerprint density at radius 2 is 1.68 bits per heavy atom. The summed E-state index contributed by atoms with van der Waals surface area (Å²) >= 11 is 0. The van der Waals surface area contributed by atoms with Gasteiger partial charge in [0, 0.05) is 31.6 Å². The fourth-order valence-corrected chi connectivity index (χ4v) is 2.23. The van der Waals surface area contributed by atoms with E-state index in [9.17, 15) is 14.4 Å². The molecule has 1 aliphatic rings. The van der Waals surface area contributed by atoms with Gasteiger partial charge in [0.2, 0.25) is 0 Å². The first kappa shape index (κ1) is 21.0. The van der Waals surface area contributed by atoms with Crippen molar-refractivity contribution in [2.45, 2.75) is 59.7 Å². The van der Waals surface area contributed by atoms with E-state index in [1.165, 1.54) is 4.90 Å². The maximum absolute atomic E-state index is 12.5. The predicted octanol–water partition coefficient (Wildman–Crippen LogP) is 3.19. The van der Waals surface area contributed by atoms with Gasteiger partial charge in [-0.3, -0.25) is 4.79 Å². The van der Waals surface area contributed by atoms with E-state index in [4.69, 9.17) is 9.47 Å². The summed E-state index contributed by atoms with van der Waals surface area (Å²) in [6.45, 7) is 13.0. The average Bonchev–Trinajstić information content (AvgIpc) is 2.67. The molecule has 1 rings (SSSR count). The Hall–Kier alpha value is -2.05. The lowest BCUT2D eigenvalue weighted by Crippen LogP contribution is -2.38. The van der Waals surface area contributed by atoms with Crippen molar-refractivity contribution in [3.63, 3.8) is 0 Å². The number of imide groups is 1. The third-order valence-corrected chi connectivity index (χ3v) is 3.38. The van der Waals surface area contributed by atoms with Crippen molar-refractivity contribution in [1.29, 1.82) is 0 Å². The molecule has 1 atom stereocenters. The van der Waals surface area contributed by atoms with Crippen LogP contribution < -0.4 is 0 Å². The Kier molecular flexibility index (Phi) is 6.26. The smallest absolute Gasteiger partial charge is 0.417 e. The molecule has 1 saturated heterocycles. The second kappa shape index (κ2) is 7.45. The number of hydrogen-bond donors (Lipinski definition) is 0. The van der Waals surface area contributed by atoms with E-state index in [0.29, 0.717) is 5.57 Å². The summed E-state index contributed by atoms with van der Waals surface area (Å²) in [5.74, 6) is -0.494. The van der Waals surface area contributed by atoms with Gasteiger partial charge in [-0.25, -0.2) is 14.5 Å². The van der Waals surface area contributed by atoms with E-state index in [1.807, 2.05) is 6.92 Å². The second-order valence-corrected chi connectivity index (χ2v) is 8.32. The summed E-state index contributed by atoms with van der Waals surface area (Å²) < 4.78 is 10.5. The van der Waals surface area contributed by atoms with Crippen LogP contribution in [-0.4, -0.2) is 59.2 Å². The first-order valence-corrected chi connectivity index (χ1v) is 8.40. The monoisotopic (exact) mass is 354 g/mol. The van der Waals surface area contributed by atoms with Crippen LogP contribution in [0.25, 0.3) is 0 Å². The molecular weight excluding hydrogens is 324 g/mol. The van der Waals surface area contributed by atoms with Gasteiger partial charge >= 0.3 is 12.2 Å². The molecule has 7 nitrogen and oxygen atoms in total. The van der Waals surface area contributed by atoms with Gasteiger partial charge < -0.3 is 14.4 Å². The molecule has 25 heavy (non-hydrogen) atoms. The number of nitrogens with zero attached hydrogens (tertiary/aromatic N) is 2. The molecule has 1 heterocycles. The lowest BCUT2D eigenvalue weighted by molar-refractivity contribution is -0.124. The Morgan fingerprint density at radius 1 is 1.16 bits per heavy atom. The second-order valence-electron chi connectivity index (χ2n) is 8.32. The van der Waals surface area contributed by atoms with Crippen molar-refractivity contribution >= 4 is 18.1 Å². The van der Waals surface area contributed by atoms with Gasteiger partial charge in [-0.1, -0.05) is 13.0 Å². The Balaban J connectivity index is 2.75. The van der Waals surface area contributed by atoms with Crippen LogP contribution in [0.2, 0.25) is 0 Å². The zero-order valence-electron chi connectivity index (χ0n) is 16.5. The summed E-state index contributed by atoms with van der Waals surface area (Å²) in [5.41, 5.74) is -0.742. The van der Waals surface area contributed by atoms with Crippen LogP contribution in [0.1, 0.15) is 48.5 Å². The van der Waals surface area contributed by atoms with Crippen molar-refractivity contribution < 1.29 is 23.9 Å². The lowest BCUT2D eigenvalue weighted by Gasteiger charge is -2.24. The standard InChI is InChI=1S/C18H30N2O5/c1-12-11-20(16(23)25-18(5,6)7)14(21)13(12)9-10-19(8)15(22)24-17(2,3)4/h9,12H,10-11H2,1-8H3/b13-9+. The highest BCUT2D eigenvalue weighted by Gasteiger charge is 2.38. The van der Waals surface area contributed by atoms with Crippen molar-refractivity contribution in [1.82, 2.24) is 9.80 Å². The molecule has 0 aromatic carbocycles. The van der Waals surface area contributed by atoms with Crippen molar-refractivity contribution in [3.8, 4) is 0 Å². The van der Waals surface area contributed by atoms with Crippen molar-refractivity contribution in [2.75, 3.05) is 20.1 Å². The van der Waals surface area contributed by atoms with Crippen molar-refractivity contribution in [2.24, 2.45) is 5.92 Å². The fourth-order valence-electron chi connectivity index (χ4n) is 2.23. The van der Waals surface area contributed by atoms with Gasteiger partial charge in [0.1, 0.15) is 11.2 Å². The van der Waals surface area contributed by atoms with E-state index in [1.54, 1.807) is 54.7 Å². The van der Waals surface area contributed by atoms with Crippen LogP contribution in [-0.2, 0) is 14.3 Å². The summed E-state index contributed by atoms with van der Waals surface area (Å²) in [6.07, 6.45) is 0.557. The number of carbonyl (C=O) groups excluding carboxylic acids is 3. The molecular formula is C18H30N2O5. The minimum Gasteiger partial charge on any atom is -0.444 e. The third-order valence-electron chi connectivity index (χ3n) is 3.38. The van der Waals surface area contributed by atoms with Crippen LogP contribution in [0.3, 0.4) is 0 Å². The van der Waals surface area contributed by atoms with E-state index in [2.05, 4.69) is 0 Å². The highest BCUT2D eigenvalue weighted by molar-refractivity contribution is 6.05. The average molecular weight is 354 g/mol. The molecule has 0 radical (unpaired) electrons. The zero-order valence-corrected chi connectivity index (χ0v) is 16.5. The zero-order chi connectivity index (χ0) is 19.6. The van der Waals surface area contributed by atoms with E-state index in [0.717, 1.165) is 4.90 Å². The van der Waals surface area contributed by atoms with Crippen molar-refractivity contribution in [3.05, 3.63) is 11.6 Å². The number of likely N-dealkylation sites (N-methyl/N-ethyl adjacent to an activating group) is 1. The van der Waals surface area contributed by atoms with Crippen LogP contribution in [0.4, 0.5) is 9.59 Å². The van der Waals surface area contributed by atoms with E-state index >= 15 is 0 Å². The molecule has 0 aliphatic carbocycles. The molecule has 1 aliphatic heterocycles. The van der Waals surface area contributed by atoms with Crippen LogP contribution in [0.15, 0.2) is 11.6 Å². The molecule has 0 aromatic heterocycles. The van der Waals surface area contributed by atoms with Gasteiger partial charge in [0.25, 0.3) is 5.91 Å². The van der Waals surface area contributed by atoms with Gasteiger partial charge in [-0.05, 0) is 41.5 Å². The number of likely N-dealkylation sites (tertiary alicyclic amines) is 1. The van der Waals surface area contributed by atoms with Gasteiger partial charge in [0.15, 0.2) is 0 Å². The molecule has 7 heteroatoms.